The lowest BCUT2D eigenvalue weighted by molar-refractivity contribution is 0.108. The number of benzene rings is 3. The van der Waals surface area contributed by atoms with Gasteiger partial charge in [0.05, 0.1) is 25.1 Å². The van der Waals surface area contributed by atoms with Crippen LogP contribution < -0.4 is 14.2 Å². The van der Waals surface area contributed by atoms with Crippen LogP contribution in [0.15, 0.2) is 84.9 Å². The Bertz CT molecular complexity index is 1120. The smallest absolute Gasteiger partial charge is 0.233 e. The molecular formula is C27H28N2O4. The first-order chi connectivity index (χ1) is 16.3. The monoisotopic (exact) mass is 444 g/mol. The van der Waals surface area contributed by atoms with Gasteiger partial charge in [-0.05, 0) is 61.0 Å². The Hall–Kier alpha value is -3.77. The lowest BCUT2D eigenvalue weighted by atomic mass is 10.1. The molecule has 0 bridgehead atoms. The van der Waals surface area contributed by atoms with Crippen LogP contribution in [0.25, 0.3) is 16.9 Å². The summed E-state index contributed by atoms with van der Waals surface area (Å²) in [7, 11) is 1.65. The van der Waals surface area contributed by atoms with Crippen molar-refractivity contribution in [2.24, 2.45) is 0 Å². The second-order valence-electron chi connectivity index (χ2n) is 7.32. The summed E-state index contributed by atoms with van der Waals surface area (Å²) in [5, 5.41) is 4.68. The SMILES string of the molecule is CCOCCOc1cc(-c2ccc(OCc3ccccc3)cc2)n(-c2ccc(OC)cc2)n1. The van der Waals surface area contributed by atoms with Crippen molar-refractivity contribution >= 4 is 0 Å². The van der Waals surface area contributed by atoms with E-state index in [9.17, 15) is 0 Å². The van der Waals surface area contributed by atoms with Gasteiger partial charge in [-0.25, -0.2) is 4.68 Å². The Balaban J connectivity index is 1.55. The molecule has 6 heteroatoms. The summed E-state index contributed by atoms with van der Waals surface area (Å²) < 4.78 is 24.3. The highest BCUT2D eigenvalue weighted by Gasteiger charge is 2.13. The van der Waals surface area contributed by atoms with Gasteiger partial charge in [0, 0.05) is 18.2 Å². The van der Waals surface area contributed by atoms with Crippen LogP contribution in [-0.4, -0.2) is 36.7 Å². The highest BCUT2D eigenvalue weighted by molar-refractivity contribution is 5.64. The first kappa shape index (κ1) is 22.4. The van der Waals surface area contributed by atoms with Gasteiger partial charge in [-0.1, -0.05) is 30.3 Å². The molecule has 170 valence electrons. The molecule has 6 nitrogen and oxygen atoms in total. The molecular weight excluding hydrogens is 416 g/mol. The summed E-state index contributed by atoms with van der Waals surface area (Å²) in [4.78, 5) is 0. The number of ether oxygens (including phenoxy) is 4. The molecule has 0 spiro atoms. The molecule has 1 aromatic heterocycles. The number of aromatic nitrogens is 2. The van der Waals surface area contributed by atoms with Crippen LogP contribution in [0.5, 0.6) is 17.4 Å². The fraction of sp³-hybridized carbons (Fsp3) is 0.222. The topological polar surface area (TPSA) is 54.7 Å². The summed E-state index contributed by atoms with van der Waals surface area (Å²) >= 11 is 0. The molecule has 0 saturated heterocycles. The third-order valence-electron chi connectivity index (χ3n) is 5.08. The zero-order valence-corrected chi connectivity index (χ0v) is 18.9. The minimum absolute atomic E-state index is 0.444. The molecule has 4 aromatic rings. The van der Waals surface area contributed by atoms with Crippen molar-refractivity contribution in [1.82, 2.24) is 9.78 Å². The summed E-state index contributed by atoms with van der Waals surface area (Å²) in [5.74, 6) is 2.15. The minimum Gasteiger partial charge on any atom is -0.497 e. The Morgan fingerprint density at radius 1 is 0.788 bits per heavy atom. The Kier molecular flexibility index (Phi) is 7.61. The number of methoxy groups -OCH3 is 1. The molecule has 0 N–H and O–H groups in total. The van der Waals surface area contributed by atoms with E-state index < -0.39 is 0 Å². The average molecular weight is 445 g/mol. The minimum atomic E-state index is 0.444. The van der Waals surface area contributed by atoms with Gasteiger partial charge in [-0.3, -0.25) is 0 Å². The molecule has 0 aliphatic carbocycles. The number of hydrogen-bond donors (Lipinski definition) is 0. The predicted octanol–water partition coefficient (Wildman–Crippen LogP) is 5.54. The Morgan fingerprint density at radius 3 is 2.21 bits per heavy atom. The fourth-order valence-electron chi connectivity index (χ4n) is 3.37. The molecule has 4 rings (SSSR count). The standard InChI is InChI=1S/C27H28N2O4/c1-3-31-17-18-32-27-19-26(29(28-27)23-11-15-24(30-2)16-12-23)22-9-13-25(14-10-22)33-20-21-7-5-4-6-8-21/h4-16,19H,3,17-18,20H2,1-2H3. The zero-order valence-electron chi connectivity index (χ0n) is 18.9. The van der Waals surface area contributed by atoms with Crippen LogP contribution in [0.4, 0.5) is 0 Å². The van der Waals surface area contributed by atoms with Crippen molar-refractivity contribution in [3.8, 4) is 34.3 Å². The van der Waals surface area contributed by atoms with Crippen molar-refractivity contribution in [3.05, 3.63) is 90.5 Å². The van der Waals surface area contributed by atoms with Gasteiger partial charge in [0.15, 0.2) is 0 Å². The van der Waals surface area contributed by atoms with E-state index in [0.29, 0.717) is 32.3 Å². The third-order valence-corrected chi connectivity index (χ3v) is 5.08. The number of nitrogens with zero attached hydrogens (tertiary/aromatic N) is 2. The van der Waals surface area contributed by atoms with Crippen molar-refractivity contribution in [2.45, 2.75) is 13.5 Å². The van der Waals surface area contributed by atoms with Crippen LogP contribution in [-0.2, 0) is 11.3 Å². The normalized spacial score (nSPS) is 10.7. The van der Waals surface area contributed by atoms with Crippen LogP contribution >= 0.6 is 0 Å². The highest BCUT2D eigenvalue weighted by Crippen LogP contribution is 2.29. The molecule has 0 aliphatic heterocycles. The first-order valence-corrected chi connectivity index (χ1v) is 11.0. The van der Waals surface area contributed by atoms with Gasteiger partial charge in [0.2, 0.25) is 5.88 Å². The molecule has 0 amide bonds. The number of rotatable bonds is 11. The van der Waals surface area contributed by atoms with Gasteiger partial charge in [-0.2, -0.15) is 0 Å². The van der Waals surface area contributed by atoms with Crippen molar-refractivity contribution in [1.29, 1.82) is 0 Å². The van der Waals surface area contributed by atoms with Crippen molar-refractivity contribution in [3.63, 3.8) is 0 Å². The van der Waals surface area contributed by atoms with E-state index in [-0.39, 0.29) is 0 Å². The van der Waals surface area contributed by atoms with E-state index in [1.165, 1.54) is 0 Å². The van der Waals surface area contributed by atoms with Crippen molar-refractivity contribution in [2.75, 3.05) is 26.9 Å². The average Bonchev–Trinajstić information content (AvgIpc) is 3.30. The maximum Gasteiger partial charge on any atom is 0.233 e. The molecule has 0 radical (unpaired) electrons. The van der Waals surface area contributed by atoms with Gasteiger partial charge in [0.1, 0.15) is 24.7 Å². The fourth-order valence-corrected chi connectivity index (χ4v) is 3.37. The van der Waals surface area contributed by atoms with E-state index in [4.69, 9.17) is 18.9 Å². The van der Waals surface area contributed by atoms with Gasteiger partial charge < -0.3 is 18.9 Å². The predicted molar refractivity (Wildman–Crippen MR) is 128 cm³/mol. The van der Waals surface area contributed by atoms with E-state index >= 15 is 0 Å². The second-order valence-corrected chi connectivity index (χ2v) is 7.32. The van der Waals surface area contributed by atoms with Crippen LogP contribution in [0.1, 0.15) is 12.5 Å². The zero-order chi connectivity index (χ0) is 22.9. The molecule has 33 heavy (non-hydrogen) atoms. The molecule has 0 atom stereocenters. The highest BCUT2D eigenvalue weighted by atomic mass is 16.5. The van der Waals surface area contributed by atoms with Gasteiger partial charge in [-0.15, -0.1) is 5.10 Å². The largest absolute Gasteiger partial charge is 0.497 e. The third kappa shape index (κ3) is 5.93. The van der Waals surface area contributed by atoms with E-state index in [0.717, 1.165) is 34.0 Å². The van der Waals surface area contributed by atoms with Crippen molar-refractivity contribution < 1.29 is 18.9 Å². The van der Waals surface area contributed by atoms with Crippen LogP contribution in [0, 0.1) is 0 Å². The Labute approximate surface area is 194 Å². The lowest BCUT2D eigenvalue weighted by Crippen LogP contribution is -2.07. The molecule has 3 aromatic carbocycles. The summed E-state index contributed by atoms with van der Waals surface area (Å²) in [6.07, 6.45) is 0. The number of hydrogen-bond acceptors (Lipinski definition) is 5. The van der Waals surface area contributed by atoms with Gasteiger partial charge >= 0.3 is 0 Å². The maximum atomic E-state index is 5.93. The molecule has 0 fully saturated rings. The van der Waals surface area contributed by atoms with Crippen LogP contribution in [0.2, 0.25) is 0 Å². The molecule has 1 heterocycles. The van der Waals surface area contributed by atoms with E-state index in [1.807, 2.05) is 84.4 Å². The maximum absolute atomic E-state index is 5.93. The molecule has 0 unspecified atom stereocenters. The summed E-state index contributed by atoms with van der Waals surface area (Å²) in [6, 6.07) is 27.8. The van der Waals surface area contributed by atoms with E-state index in [1.54, 1.807) is 7.11 Å². The van der Waals surface area contributed by atoms with Gasteiger partial charge in [0.25, 0.3) is 0 Å². The lowest BCUT2D eigenvalue weighted by Gasteiger charge is -2.10. The first-order valence-electron chi connectivity index (χ1n) is 11.0. The second kappa shape index (κ2) is 11.2. The quantitative estimate of drug-likeness (QED) is 0.284. The molecule has 0 saturated carbocycles. The van der Waals surface area contributed by atoms with Crippen LogP contribution in [0.3, 0.4) is 0 Å². The Morgan fingerprint density at radius 2 is 1.52 bits per heavy atom. The summed E-state index contributed by atoms with van der Waals surface area (Å²) in [5.41, 5.74) is 3.97. The summed E-state index contributed by atoms with van der Waals surface area (Å²) in [6.45, 7) is 4.12. The molecule has 0 aliphatic rings. The van der Waals surface area contributed by atoms with E-state index in [2.05, 4.69) is 17.2 Å².